The van der Waals surface area contributed by atoms with E-state index >= 15 is 0 Å². The monoisotopic (exact) mass is 266 g/mol. The highest BCUT2D eigenvalue weighted by molar-refractivity contribution is 9.09. The van der Waals surface area contributed by atoms with Gasteiger partial charge < -0.3 is 4.57 Å². The number of benzene rings is 1. The maximum Gasteiger partial charge on any atom is 0.0958 e. The molecule has 0 fully saturated rings. The Morgan fingerprint density at radius 2 is 2.00 bits per heavy atom. The maximum absolute atomic E-state index is 4.37. The molecule has 80 valence electrons. The van der Waals surface area contributed by atoms with Crippen LogP contribution >= 0.6 is 15.9 Å². The number of fused-ring (bicyclic) bond motifs is 1. The molecule has 0 N–H and O–H groups in total. The normalized spacial score (nSPS) is 11.0. The molecule has 2 aromatic rings. The third kappa shape index (κ3) is 2.59. The number of para-hydroxylation sites is 2. The van der Waals surface area contributed by atoms with Crippen LogP contribution in [0.25, 0.3) is 11.0 Å². The number of imidazole rings is 1. The van der Waals surface area contributed by atoms with Crippen LogP contribution in [0.4, 0.5) is 0 Å². The van der Waals surface area contributed by atoms with Crippen molar-refractivity contribution in [1.82, 2.24) is 9.55 Å². The summed E-state index contributed by atoms with van der Waals surface area (Å²) in [6, 6.07) is 8.29. The zero-order valence-electron chi connectivity index (χ0n) is 8.69. The highest BCUT2D eigenvalue weighted by Crippen LogP contribution is 2.12. The van der Waals surface area contributed by atoms with Crippen LogP contribution in [0.15, 0.2) is 30.6 Å². The second-order valence-corrected chi connectivity index (χ2v) is 4.47. The van der Waals surface area contributed by atoms with Gasteiger partial charge in [-0.1, -0.05) is 34.5 Å². The molecule has 0 unspecified atom stereocenters. The lowest BCUT2D eigenvalue weighted by Crippen LogP contribution is -1.95. The first-order valence-corrected chi connectivity index (χ1v) is 6.50. The molecule has 0 saturated carbocycles. The van der Waals surface area contributed by atoms with Crippen LogP contribution in [0.1, 0.15) is 19.3 Å². The SMILES string of the molecule is BrCCCCCn1cnc2ccccc21. The molecule has 0 amide bonds. The molecule has 0 bridgehead atoms. The van der Waals surface area contributed by atoms with Crippen molar-refractivity contribution >= 4 is 27.0 Å². The predicted octanol–water partition coefficient (Wildman–Crippen LogP) is 3.60. The van der Waals surface area contributed by atoms with Crippen molar-refractivity contribution in [2.45, 2.75) is 25.8 Å². The van der Waals surface area contributed by atoms with Crippen molar-refractivity contribution in [2.75, 3.05) is 5.33 Å². The number of alkyl halides is 1. The summed E-state index contributed by atoms with van der Waals surface area (Å²) in [5.74, 6) is 0. The van der Waals surface area contributed by atoms with Gasteiger partial charge in [-0.3, -0.25) is 0 Å². The van der Waals surface area contributed by atoms with E-state index in [4.69, 9.17) is 0 Å². The predicted molar refractivity (Wildman–Crippen MR) is 67.4 cm³/mol. The number of aromatic nitrogens is 2. The molecule has 0 spiro atoms. The largest absolute Gasteiger partial charge is 0.331 e. The van der Waals surface area contributed by atoms with Gasteiger partial charge in [-0.05, 0) is 25.0 Å². The summed E-state index contributed by atoms with van der Waals surface area (Å²) >= 11 is 3.45. The van der Waals surface area contributed by atoms with E-state index in [0.717, 1.165) is 17.4 Å². The van der Waals surface area contributed by atoms with Gasteiger partial charge in [-0.25, -0.2) is 4.98 Å². The Balaban J connectivity index is 2.02. The zero-order chi connectivity index (χ0) is 10.5. The van der Waals surface area contributed by atoms with E-state index in [-0.39, 0.29) is 0 Å². The Bertz CT molecular complexity index is 422. The fourth-order valence-corrected chi connectivity index (χ4v) is 2.14. The van der Waals surface area contributed by atoms with Gasteiger partial charge in [0, 0.05) is 11.9 Å². The van der Waals surface area contributed by atoms with Gasteiger partial charge >= 0.3 is 0 Å². The highest BCUT2D eigenvalue weighted by Gasteiger charge is 1.99. The molecule has 0 aliphatic carbocycles. The van der Waals surface area contributed by atoms with E-state index < -0.39 is 0 Å². The molecular formula is C12H15BrN2. The van der Waals surface area contributed by atoms with Gasteiger partial charge in [0.25, 0.3) is 0 Å². The van der Waals surface area contributed by atoms with E-state index in [1.54, 1.807) is 0 Å². The number of hydrogen-bond acceptors (Lipinski definition) is 1. The molecule has 0 aliphatic heterocycles. The fraction of sp³-hybridized carbons (Fsp3) is 0.417. The van der Waals surface area contributed by atoms with Gasteiger partial charge in [0.05, 0.1) is 17.4 Å². The van der Waals surface area contributed by atoms with Gasteiger partial charge in [-0.15, -0.1) is 0 Å². The van der Waals surface area contributed by atoms with E-state index in [0.29, 0.717) is 0 Å². The first kappa shape index (κ1) is 10.7. The second kappa shape index (κ2) is 5.31. The fourth-order valence-electron chi connectivity index (χ4n) is 1.74. The van der Waals surface area contributed by atoms with Crippen LogP contribution in [0.3, 0.4) is 0 Å². The lowest BCUT2D eigenvalue weighted by atomic mass is 10.2. The number of halogens is 1. The first-order chi connectivity index (χ1) is 7.42. The van der Waals surface area contributed by atoms with Crippen LogP contribution in [0.5, 0.6) is 0 Å². The Morgan fingerprint density at radius 1 is 1.13 bits per heavy atom. The standard InChI is InChI=1S/C12H15BrN2/c13-8-4-1-5-9-15-10-14-11-6-2-3-7-12(11)15/h2-3,6-7,10H,1,4-5,8-9H2. The van der Waals surface area contributed by atoms with Crippen molar-refractivity contribution in [3.8, 4) is 0 Å². The smallest absolute Gasteiger partial charge is 0.0958 e. The lowest BCUT2D eigenvalue weighted by Gasteiger charge is -2.02. The minimum Gasteiger partial charge on any atom is -0.331 e. The molecule has 0 atom stereocenters. The number of rotatable bonds is 5. The molecular weight excluding hydrogens is 252 g/mol. The lowest BCUT2D eigenvalue weighted by molar-refractivity contribution is 0.616. The number of aryl methyl sites for hydroxylation is 1. The average molecular weight is 267 g/mol. The van der Waals surface area contributed by atoms with Crippen molar-refractivity contribution < 1.29 is 0 Å². The summed E-state index contributed by atoms with van der Waals surface area (Å²) in [7, 11) is 0. The topological polar surface area (TPSA) is 17.8 Å². The summed E-state index contributed by atoms with van der Waals surface area (Å²) in [5.41, 5.74) is 2.34. The third-order valence-corrected chi connectivity index (χ3v) is 3.12. The highest BCUT2D eigenvalue weighted by atomic mass is 79.9. The van der Waals surface area contributed by atoms with Gasteiger partial charge in [0.1, 0.15) is 0 Å². The van der Waals surface area contributed by atoms with Crippen LogP contribution in [-0.4, -0.2) is 14.9 Å². The summed E-state index contributed by atoms with van der Waals surface area (Å²) in [6.07, 6.45) is 5.70. The van der Waals surface area contributed by atoms with E-state index in [2.05, 4.69) is 43.7 Å². The number of unbranched alkanes of at least 4 members (excludes halogenated alkanes) is 2. The Labute approximate surface area is 98.4 Å². The zero-order valence-corrected chi connectivity index (χ0v) is 10.3. The van der Waals surface area contributed by atoms with Crippen molar-refractivity contribution in [1.29, 1.82) is 0 Å². The van der Waals surface area contributed by atoms with E-state index in [1.807, 2.05) is 12.4 Å². The number of hydrogen-bond donors (Lipinski definition) is 0. The Kier molecular flexibility index (Phi) is 3.78. The van der Waals surface area contributed by atoms with Crippen LogP contribution < -0.4 is 0 Å². The van der Waals surface area contributed by atoms with Gasteiger partial charge in [0.15, 0.2) is 0 Å². The Morgan fingerprint density at radius 3 is 2.87 bits per heavy atom. The van der Waals surface area contributed by atoms with E-state index in [9.17, 15) is 0 Å². The third-order valence-electron chi connectivity index (χ3n) is 2.56. The summed E-state index contributed by atoms with van der Waals surface area (Å²) in [5, 5.41) is 1.11. The second-order valence-electron chi connectivity index (χ2n) is 3.68. The minimum atomic E-state index is 1.08. The molecule has 0 saturated heterocycles. The van der Waals surface area contributed by atoms with Crippen molar-refractivity contribution in [3.63, 3.8) is 0 Å². The molecule has 15 heavy (non-hydrogen) atoms. The van der Waals surface area contributed by atoms with Gasteiger partial charge in [0.2, 0.25) is 0 Å². The molecule has 2 rings (SSSR count). The van der Waals surface area contributed by atoms with Crippen molar-refractivity contribution in [2.24, 2.45) is 0 Å². The van der Waals surface area contributed by atoms with Crippen LogP contribution in [0.2, 0.25) is 0 Å². The van der Waals surface area contributed by atoms with Crippen LogP contribution in [-0.2, 0) is 6.54 Å². The molecule has 1 aromatic carbocycles. The molecule has 1 aromatic heterocycles. The summed E-state index contributed by atoms with van der Waals surface area (Å²) < 4.78 is 2.24. The molecule has 2 nitrogen and oxygen atoms in total. The molecule has 1 heterocycles. The minimum absolute atomic E-state index is 1.08. The first-order valence-electron chi connectivity index (χ1n) is 5.37. The van der Waals surface area contributed by atoms with E-state index in [1.165, 1.54) is 24.8 Å². The van der Waals surface area contributed by atoms with Crippen LogP contribution in [0, 0.1) is 0 Å². The average Bonchev–Trinajstić information content (AvgIpc) is 2.68. The van der Waals surface area contributed by atoms with Crippen molar-refractivity contribution in [3.05, 3.63) is 30.6 Å². The quantitative estimate of drug-likeness (QED) is 0.597. The summed E-state index contributed by atoms with van der Waals surface area (Å²) in [6.45, 7) is 1.08. The molecule has 0 radical (unpaired) electrons. The molecule has 0 aliphatic rings. The summed E-state index contributed by atoms with van der Waals surface area (Å²) in [4.78, 5) is 4.37. The molecule has 3 heteroatoms. The van der Waals surface area contributed by atoms with Gasteiger partial charge in [-0.2, -0.15) is 0 Å². The number of nitrogens with zero attached hydrogens (tertiary/aromatic N) is 2. The Hall–Kier alpha value is -0.830. The maximum atomic E-state index is 4.37.